The summed E-state index contributed by atoms with van der Waals surface area (Å²) in [5.41, 5.74) is 1.99. The van der Waals surface area contributed by atoms with Crippen LogP contribution in [0, 0.1) is 6.92 Å². The van der Waals surface area contributed by atoms with Gasteiger partial charge in [-0.1, -0.05) is 42.5 Å². The molecule has 4 rings (SSSR count). The van der Waals surface area contributed by atoms with Crippen LogP contribution in [0.4, 0.5) is 13.2 Å². The maximum atomic E-state index is 13.3. The van der Waals surface area contributed by atoms with Gasteiger partial charge in [-0.25, -0.2) is 9.78 Å². The quantitative estimate of drug-likeness (QED) is 0.418. The summed E-state index contributed by atoms with van der Waals surface area (Å²) in [7, 11) is 0. The van der Waals surface area contributed by atoms with Gasteiger partial charge in [-0.2, -0.15) is 13.2 Å². The standard InChI is InChI=1S/C27H25F3N2O5/c1-17-21(31-24(37-17)19-7-3-2-4-8-19)15-16-36-20-13-11-18(12-14-20)22-9-5-6-10-23(25(33)34)32(22)26(35)27(28,29)30/h2-8,11-14,22-23H,9-10,15-16H2,1H3,(H,33,34)/t22-,23-/m0/s1. The Kier molecular flexibility index (Phi) is 7.66. The number of carboxylic acid groups (broad SMARTS) is 1. The first kappa shape index (κ1) is 26.0. The van der Waals surface area contributed by atoms with Crippen LogP contribution in [0.3, 0.4) is 0 Å². The minimum Gasteiger partial charge on any atom is -0.493 e. The number of alkyl halides is 3. The van der Waals surface area contributed by atoms with Crippen molar-refractivity contribution in [2.75, 3.05) is 6.61 Å². The number of carbonyl (C=O) groups is 2. The third-order valence-corrected chi connectivity index (χ3v) is 6.10. The van der Waals surface area contributed by atoms with Crippen LogP contribution >= 0.6 is 0 Å². The lowest BCUT2D eigenvalue weighted by Crippen LogP contribution is -2.51. The number of aliphatic carboxylic acids is 1. The number of hydrogen-bond donors (Lipinski definition) is 1. The topological polar surface area (TPSA) is 92.9 Å². The number of oxazole rings is 1. The number of carboxylic acids is 1. The number of hydrogen-bond acceptors (Lipinski definition) is 5. The van der Waals surface area contributed by atoms with Gasteiger partial charge >= 0.3 is 18.1 Å². The van der Waals surface area contributed by atoms with Gasteiger partial charge in [0.15, 0.2) is 0 Å². The molecule has 7 nitrogen and oxygen atoms in total. The second-order valence-electron chi connectivity index (χ2n) is 8.58. The zero-order valence-corrected chi connectivity index (χ0v) is 19.9. The molecule has 0 aliphatic carbocycles. The number of ether oxygens (including phenoxy) is 1. The summed E-state index contributed by atoms with van der Waals surface area (Å²) in [5, 5.41) is 9.51. The second kappa shape index (κ2) is 10.9. The number of carbonyl (C=O) groups excluding carboxylic acids is 1. The maximum Gasteiger partial charge on any atom is 0.471 e. The lowest BCUT2D eigenvalue weighted by atomic mass is 10.0. The van der Waals surface area contributed by atoms with Crippen LogP contribution in [-0.4, -0.2) is 45.7 Å². The molecule has 37 heavy (non-hydrogen) atoms. The first-order chi connectivity index (χ1) is 17.6. The van der Waals surface area contributed by atoms with Crippen molar-refractivity contribution < 1.29 is 37.0 Å². The van der Waals surface area contributed by atoms with E-state index in [0.717, 1.165) is 11.3 Å². The summed E-state index contributed by atoms with van der Waals surface area (Å²) in [6.45, 7) is 2.11. The molecule has 0 radical (unpaired) electrons. The molecule has 2 aromatic carbocycles. The number of amides is 1. The molecule has 0 saturated carbocycles. The Morgan fingerprint density at radius 2 is 1.76 bits per heavy atom. The first-order valence-electron chi connectivity index (χ1n) is 11.7. The fourth-order valence-corrected chi connectivity index (χ4v) is 4.26. The smallest absolute Gasteiger partial charge is 0.471 e. The van der Waals surface area contributed by atoms with Crippen LogP contribution in [0.1, 0.15) is 35.9 Å². The van der Waals surface area contributed by atoms with E-state index in [2.05, 4.69) is 4.98 Å². The van der Waals surface area contributed by atoms with Crippen molar-refractivity contribution in [1.29, 1.82) is 0 Å². The molecule has 10 heteroatoms. The predicted molar refractivity (Wildman–Crippen MR) is 128 cm³/mol. The van der Waals surface area contributed by atoms with Crippen molar-refractivity contribution in [2.45, 2.75) is 44.4 Å². The van der Waals surface area contributed by atoms with E-state index in [1.54, 1.807) is 30.3 Å². The van der Waals surface area contributed by atoms with Crippen LogP contribution in [0.25, 0.3) is 11.5 Å². The highest BCUT2D eigenvalue weighted by Gasteiger charge is 2.49. The summed E-state index contributed by atoms with van der Waals surface area (Å²) in [6, 6.07) is 13.0. The zero-order chi connectivity index (χ0) is 26.6. The molecule has 0 bridgehead atoms. The van der Waals surface area contributed by atoms with Crippen molar-refractivity contribution in [1.82, 2.24) is 9.88 Å². The van der Waals surface area contributed by atoms with Crippen molar-refractivity contribution in [3.63, 3.8) is 0 Å². The molecular weight excluding hydrogens is 489 g/mol. The third-order valence-electron chi connectivity index (χ3n) is 6.10. The molecular formula is C27H25F3N2O5. The van der Waals surface area contributed by atoms with Crippen molar-refractivity contribution in [3.8, 4) is 17.2 Å². The summed E-state index contributed by atoms with van der Waals surface area (Å²) in [4.78, 5) is 28.9. The largest absolute Gasteiger partial charge is 0.493 e. The summed E-state index contributed by atoms with van der Waals surface area (Å²) >= 11 is 0. The van der Waals surface area contributed by atoms with Gasteiger partial charge in [0.05, 0.1) is 18.3 Å². The summed E-state index contributed by atoms with van der Waals surface area (Å²) < 4.78 is 51.5. The summed E-state index contributed by atoms with van der Waals surface area (Å²) in [5.74, 6) is -1.99. The van der Waals surface area contributed by atoms with Gasteiger partial charge < -0.3 is 19.2 Å². The van der Waals surface area contributed by atoms with E-state index in [1.807, 2.05) is 37.3 Å². The van der Waals surface area contributed by atoms with Crippen LogP contribution in [0.5, 0.6) is 5.75 Å². The molecule has 1 aliphatic rings. The Morgan fingerprint density at radius 1 is 1.08 bits per heavy atom. The predicted octanol–water partition coefficient (Wildman–Crippen LogP) is 5.51. The normalized spacial score (nSPS) is 17.9. The van der Waals surface area contributed by atoms with Crippen LogP contribution in [0.15, 0.2) is 71.2 Å². The van der Waals surface area contributed by atoms with Crippen LogP contribution in [-0.2, 0) is 16.0 Å². The van der Waals surface area contributed by atoms with Gasteiger partial charge in [0.25, 0.3) is 0 Å². The molecule has 1 N–H and O–H groups in total. The van der Waals surface area contributed by atoms with E-state index < -0.39 is 30.1 Å². The molecule has 0 spiro atoms. The van der Waals surface area contributed by atoms with Crippen LogP contribution < -0.4 is 4.74 Å². The minimum atomic E-state index is -5.20. The molecule has 0 saturated heterocycles. The maximum absolute atomic E-state index is 13.3. The fourth-order valence-electron chi connectivity index (χ4n) is 4.26. The number of aryl methyl sites for hydroxylation is 1. The van der Waals surface area contributed by atoms with E-state index >= 15 is 0 Å². The molecule has 2 atom stereocenters. The highest BCUT2D eigenvalue weighted by molar-refractivity contribution is 5.87. The Bertz CT molecular complexity index is 1270. The van der Waals surface area contributed by atoms with E-state index in [1.165, 1.54) is 6.08 Å². The Morgan fingerprint density at radius 3 is 2.41 bits per heavy atom. The molecule has 194 valence electrons. The van der Waals surface area contributed by atoms with Gasteiger partial charge in [-0.05, 0) is 49.6 Å². The first-order valence-corrected chi connectivity index (χ1v) is 11.7. The van der Waals surface area contributed by atoms with Gasteiger partial charge in [0, 0.05) is 12.0 Å². The minimum absolute atomic E-state index is 0.0565. The van der Waals surface area contributed by atoms with Crippen molar-refractivity contribution >= 4 is 11.9 Å². The van der Waals surface area contributed by atoms with Gasteiger partial charge in [0.2, 0.25) is 5.89 Å². The van der Waals surface area contributed by atoms with Gasteiger partial charge in [0.1, 0.15) is 17.6 Å². The number of halogens is 3. The van der Waals surface area contributed by atoms with E-state index in [9.17, 15) is 27.9 Å². The van der Waals surface area contributed by atoms with E-state index in [4.69, 9.17) is 9.15 Å². The van der Waals surface area contributed by atoms with E-state index in [-0.39, 0.29) is 19.4 Å². The average molecular weight is 515 g/mol. The number of aromatic nitrogens is 1. The highest BCUT2D eigenvalue weighted by Crippen LogP contribution is 2.35. The number of rotatable bonds is 7. The molecule has 0 unspecified atom stereocenters. The van der Waals surface area contributed by atoms with Crippen molar-refractivity contribution in [2.24, 2.45) is 0 Å². The SMILES string of the molecule is Cc1oc(-c2ccccc2)nc1CCOc1ccc([C@@H]2CC=CC[C@@H](C(=O)O)N2C(=O)C(F)(F)F)cc1. The summed E-state index contributed by atoms with van der Waals surface area (Å²) in [6.07, 6.45) is -1.78. The Labute approximate surface area is 211 Å². The van der Waals surface area contributed by atoms with Gasteiger partial charge in [-0.15, -0.1) is 0 Å². The number of nitrogens with zero attached hydrogens (tertiary/aromatic N) is 2. The molecule has 1 aliphatic heterocycles. The third kappa shape index (κ3) is 6.02. The zero-order valence-electron chi connectivity index (χ0n) is 19.9. The van der Waals surface area contributed by atoms with Crippen molar-refractivity contribution in [3.05, 3.63) is 83.8 Å². The molecule has 1 amide bonds. The second-order valence-corrected chi connectivity index (χ2v) is 8.58. The van der Waals surface area contributed by atoms with E-state index in [0.29, 0.717) is 34.3 Å². The Balaban J connectivity index is 1.45. The van der Waals surface area contributed by atoms with Crippen LogP contribution in [0.2, 0.25) is 0 Å². The molecule has 2 heterocycles. The Hall–Kier alpha value is -4.08. The monoisotopic (exact) mass is 514 g/mol. The highest BCUT2D eigenvalue weighted by atomic mass is 19.4. The van der Waals surface area contributed by atoms with Gasteiger partial charge in [-0.3, -0.25) is 4.79 Å². The number of benzene rings is 2. The molecule has 1 aromatic heterocycles. The molecule has 3 aromatic rings. The lowest BCUT2D eigenvalue weighted by molar-refractivity contribution is -0.192. The lowest BCUT2D eigenvalue weighted by Gasteiger charge is -2.35. The fraction of sp³-hybridized carbons (Fsp3) is 0.296. The average Bonchev–Trinajstić information content (AvgIpc) is 3.10. The molecule has 0 fully saturated rings.